The van der Waals surface area contributed by atoms with Gasteiger partial charge in [-0.3, -0.25) is 0 Å². The van der Waals surface area contributed by atoms with E-state index in [1.807, 2.05) is 6.07 Å². The van der Waals surface area contributed by atoms with E-state index in [0.29, 0.717) is 10.6 Å². The molecule has 0 spiro atoms. The second kappa shape index (κ2) is 6.38. The highest BCUT2D eigenvalue weighted by Crippen LogP contribution is 2.31. The molecule has 2 nitrogen and oxygen atoms in total. The van der Waals surface area contributed by atoms with Crippen LogP contribution in [0.3, 0.4) is 0 Å². The lowest BCUT2D eigenvalue weighted by molar-refractivity contribution is 0.182. The molecule has 0 fully saturated rings. The molecule has 0 atom stereocenters. The number of hydrogen-bond donors (Lipinski definition) is 0. The van der Waals surface area contributed by atoms with Gasteiger partial charge in [0.05, 0.1) is 0 Å². The number of ether oxygens (including phenoxy) is 2. The maximum atomic E-state index is 12.2. The topological polar surface area (TPSA) is 18.5 Å². The third-order valence-electron chi connectivity index (χ3n) is 2.48. The van der Waals surface area contributed by atoms with E-state index in [-0.39, 0.29) is 11.5 Å². The Bertz CT molecular complexity index is 537. The summed E-state index contributed by atoms with van der Waals surface area (Å²) in [5.41, 5.74) is 1.51. The zero-order valence-corrected chi connectivity index (χ0v) is 10.7. The molecule has 0 saturated heterocycles. The van der Waals surface area contributed by atoms with Gasteiger partial charge in [-0.05, 0) is 35.4 Å². The minimum Gasteiger partial charge on any atom is -0.463 e. The van der Waals surface area contributed by atoms with Crippen molar-refractivity contribution in [3.05, 3.63) is 47.5 Å². The zero-order chi connectivity index (χ0) is 13.7. The molecular weight excluding hydrogens is 274 g/mol. The number of halogens is 3. The van der Waals surface area contributed by atoms with E-state index < -0.39 is 13.7 Å². The first-order valence-electron chi connectivity index (χ1n) is 5.51. The van der Waals surface area contributed by atoms with Gasteiger partial charge in [-0.25, -0.2) is 8.78 Å². The molecule has 0 aliphatic heterocycles. The Morgan fingerprint density at radius 1 is 0.842 bits per heavy atom. The van der Waals surface area contributed by atoms with Gasteiger partial charge >= 0.3 is 0 Å². The number of rotatable bonds is 5. The minimum atomic E-state index is -0.964. The van der Waals surface area contributed by atoms with Crippen molar-refractivity contribution >= 4 is 11.6 Å². The molecular formula is C14H11ClF2O2. The van der Waals surface area contributed by atoms with Gasteiger partial charge < -0.3 is 9.47 Å². The summed E-state index contributed by atoms with van der Waals surface area (Å²) in [5, 5.41) is 0.572. The lowest BCUT2D eigenvalue weighted by Gasteiger charge is -2.09. The van der Waals surface area contributed by atoms with Gasteiger partial charge in [-0.1, -0.05) is 23.7 Å². The number of alkyl halides is 2. The van der Waals surface area contributed by atoms with E-state index in [9.17, 15) is 8.78 Å². The second-order valence-corrected chi connectivity index (χ2v) is 4.15. The molecule has 2 aromatic rings. The fourth-order valence-corrected chi connectivity index (χ4v) is 1.89. The number of hydrogen-bond acceptors (Lipinski definition) is 2. The SMILES string of the molecule is FCOc1cc(OCF)cc(-c2cccc(Cl)c2)c1. The van der Waals surface area contributed by atoms with Crippen LogP contribution >= 0.6 is 11.6 Å². The first-order valence-corrected chi connectivity index (χ1v) is 5.89. The fraction of sp³-hybridized carbons (Fsp3) is 0.143. The highest BCUT2D eigenvalue weighted by molar-refractivity contribution is 6.30. The van der Waals surface area contributed by atoms with Crippen molar-refractivity contribution in [3.63, 3.8) is 0 Å². The summed E-state index contributed by atoms with van der Waals surface area (Å²) in [4.78, 5) is 0. The zero-order valence-electron chi connectivity index (χ0n) is 9.91. The Kier molecular flexibility index (Phi) is 4.58. The van der Waals surface area contributed by atoms with Crippen LogP contribution in [0, 0.1) is 0 Å². The normalized spacial score (nSPS) is 10.3. The third-order valence-corrected chi connectivity index (χ3v) is 2.72. The molecule has 0 amide bonds. The van der Waals surface area contributed by atoms with Crippen molar-refractivity contribution in [1.29, 1.82) is 0 Å². The summed E-state index contributed by atoms with van der Waals surface area (Å²) in [7, 11) is 0. The quantitative estimate of drug-likeness (QED) is 0.798. The Hall–Kier alpha value is -1.81. The highest BCUT2D eigenvalue weighted by Gasteiger charge is 2.06. The first kappa shape index (κ1) is 13.6. The van der Waals surface area contributed by atoms with E-state index in [0.717, 1.165) is 5.56 Å². The van der Waals surface area contributed by atoms with Crippen molar-refractivity contribution in [1.82, 2.24) is 0 Å². The molecule has 0 heterocycles. The molecule has 0 unspecified atom stereocenters. The van der Waals surface area contributed by atoms with Crippen LogP contribution < -0.4 is 9.47 Å². The van der Waals surface area contributed by atoms with Crippen molar-refractivity contribution in [2.45, 2.75) is 0 Å². The molecule has 0 bridgehead atoms. The minimum absolute atomic E-state index is 0.267. The van der Waals surface area contributed by atoms with Crippen molar-refractivity contribution in [3.8, 4) is 22.6 Å². The highest BCUT2D eigenvalue weighted by atomic mass is 35.5. The maximum Gasteiger partial charge on any atom is 0.228 e. The molecule has 19 heavy (non-hydrogen) atoms. The largest absolute Gasteiger partial charge is 0.463 e. The fourth-order valence-electron chi connectivity index (χ4n) is 1.70. The number of benzene rings is 2. The summed E-state index contributed by atoms with van der Waals surface area (Å²) in [6.07, 6.45) is 0. The maximum absolute atomic E-state index is 12.2. The molecule has 100 valence electrons. The molecule has 0 aliphatic carbocycles. The molecule has 2 aromatic carbocycles. The molecule has 0 N–H and O–H groups in total. The summed E-state index contributed by atoms with van der Waals surface area (Å²) in [5.74, 6) is 0.534. The van der Waals surface area contributed by atoms with E-state index in [2.05, 4.69) is 0 Å². The van der Waals surface area contributed by atoms with Gasteiger partial charge in [0.25, 0.3) is 0 Å². The Balaban J connectivity index is 2.43. The standard InChI is InChI=1S/C14H11ClF2O2/c15-12-3-1-2-10(4-12)11-5-13(18-8-16)7-14(6-11)19-9-17/h1-7H,8-9H2. The second-order valence-electron chi connectivity index (χ2n) is 3.71. The predicted octanol–water partition coefficient (Wildman–Crippen LogP) is 4.62. The summed E-state index contributed by atoms with van der Waals surface area (Å²) < 4.78 is 34.0. The third kappa shape index (κ3) is 3.58. The monoisotopic (exact) mass is 284 g/mol. The molecule has 2 rings (SSSR count). The van der Waals surface area contributed by atoms with Gasteiger partial charge in [-0.2, -0.15) is 0 Å². The van der Waals surface area contributed by atoms with Crippen LogP contribution in [0.25, 0.3) is 11.1 Å². The van der Waals surface area contributed by atoms with Crippen LogP contribution in [0.15, 0.2) is 42.5 Å². The van der Waals surface area contributed by atoms with Gasteiger partial charge in [0.15, 0.2) is 0 Å². The van der Waals surface area contributed by atoms with Gasteiger partial charge in [-0.15, -0.1) is 0 Å². The Morgan fingerprint density at radius 3 is 2.00 bits per heavy atom. The van der Waals surface area contributed by atoms with Gasteiger partial charge in [0.1, 0.15) is 11.5 Å². The molecule has 0 aliphatic rings. The smallest absolute Gasteiger partial charge is 0.228 e. The van der Waals surface area contributed by atoms with Gasteiger partial charge in [0, 0.05) is 11.1 Å². The average molecular weight is 285 g/mol. The first-order chi connectivity index (χ1) is 9.22. The molecule has 0 aromatic heterocycles. The van der Waals surface area contributed by atoms with Crippen LogP contribution in [-0.2, 0) is 0 Å². The van der Waals surface area contributed by atoms with Crippen LogP contribution in [-0.4, -0.2) is 13.7 Å². The van der Waals surface area contributed by atoms with Crippen molar-refractivity contribution in [2.24, 2.45) is 0 Å². The van der Waals surface area contributed by atoms with Crippen LogP contribution in [0.4, 0.5) is 8.78 Å². The van der Waals surface area contributed by atoms with E-state index in [1.54, 1.807) is 30.3 Å². The molecule has 5 heteroatoms. The summed E-state index contributed by atoms with van der Waals surface area (Å²) in [6, 6.07) is 11.8. The summed E-state index contributed by atoms with van der Waals surface area (Å²) in [6.45, 7) is -1.93. The van der Waals surface area contributed by atoms with Crippen molar-refractivity contribution < 1.29 is 18.3 Å². The summed E-state index contributed by atoms with van der Waals surface area (Å²) >= 11 is 5.91. The molecule has 0 saturated carbocycles. The lowest BCUT2D eigenvalue weighted by Crippen LogP contribution is -1.94. The Labute approximate surface area is 114 Å². The van der Waals surface area contributed by atoms with E-state index >= 15 is 0 Å². The molecule has 0 radical (unpaired) electrons. The lowest BCUT2D eigenvalue weighted by atomic mass is 10.1. The van der Waals surface area contributed by atoms with E-state index in [1.165, 1.54) is 6.07 Å². The van der Waals surface area contributed by atoms with Crippen LogP contribution in [0.2, 0.25) is 5.02 Å². The van der Waals surface area contributed by atoms with Crippen LogP contribution in [0.1, 0.15) is 0 Å². The van der Waals surface area contributed by atoms with Gasteiger partial charge in [0.2, 0.25) is 13.7 Å². The predicted molar refractivity (Wildman–Crippen MR) is 70.1 cm³/mol. The van der Waals surface area contributed by atoms with Crippen molar-refractivity contribution in [2.75, 3.05) is 13.7 Å². The van der Waals surface area contributed by atoms with Crippen LogP contribution in [0.5, 0.6) is 11.5 Å². The van der Waals surface area contributed by atoms with E-state index in [4.69, 9.17) is 21.1 Å². The Morgan fingerprint density at radius 2 is 1.47 bits per heavy atom. The average Bonchev–Trinajstić information content (AvgIpc) is 2.39.